The van der Waals surface area contributed by atoms with Gasteiger partial charge >= 0.3 is 12.1 Å². The largest absolute Gasteiger partial charge is 0.476 e. The Balaban J connectivity index is 2.48. The van der Waals surface area contributed by atoms with Gasteiger partial charge in [0.25, 0.3) is 0 Å². The molecular weight excluding hydrogens is 263 g/mol. The van der Waals surface area contributed by atoms with Gasteiger partial charge in [-0.25, -0.2) is 9.78 Å². The summed E-state index contributed by atoms with van der Waals surface area (Å²) in [7, 11) is 0. The number of H-pyrrole nitrogens is 1. The maximum absolute atomic E-state index is 12.5. The maximum Gasteiger partial charge on any atom is 0.417 e. The SMILES string of the molecule is Cc1[nH]c(-c2cncc(C(F)(F)F)c2)nc1C(=O)O. The van der Waals surface area contributed by atoms with Crippen molar-refractivity contribution < 1.29 is 23.1 Å². The van der Waals surface area contributed by atoms with Gasteiger partial charge in [-0.3, -0.25) is 4.98 Å². The molecule has 0 aliphatic rings. The number of pyridine rings is 1. The molecule has 2 heterocycles. The molecule has 0 unspecified atom stereocenters. The lowest BCUT2D eigenvalue weighted by molar-refractivity contribution is -0.137. The number of carbonyl (C=O) groups is 1. The van der Waals surface area contributed by atoms with E-state index in [9.17, 15) is 18.0 Å². The zero-order valence-electron chi connectivity index (χ0n) is 9.62. The fraction of sp³-hybridized carbons (Fsp3) is 0.182. The number of carboxylic acid groups (broad SMARTS) is 1. The molecule has 0 amide bonds. The molecule has 0 radical (unpaired) electrons. The molecule has 2 rings (SSSR count). The van der Waals surface area contributed by atoms with Crippen molar-refractivity contribution in [3.05, 3.63) is 35.4 Å². The first-order valence-corrected chi connectivity index (χ1v) is 5.11. The van der Waals surface area contributed by atoms with E-state index in [2.05, 4.69) is 15.0 Å². The Labute approximate surface area is 105 Å². The van der Waals surface area contributed by atoms with Crippen LogP contribution in [-0.4, -0.2) is 26.0 Å². The number of nitrogens with zero attached hydrogens (tertiary/aromatic N) is 2. The van der Waals surface area contributed by atoms with E-state index in [4.69, 9.17) is 5.11 Å². The van der Waals surface area contributed by atoms with Crippen LogP contribution in [0.4, 0.5) is 13.2 Å². The van der Waals surface area contributed by atoms with Crippen LogP contribution in [-0.2, 0) is 6.18 Å². The van der Waals surface area contributed by atoms with Crippen LogP contribution in [0.15, 0.2) is 18.5 Å². The second-order valence-electron chi connectivity index (χ2n) is 3.82. The van der Waals surface area contributed by atoms with Crippen molar-refractivity contribution in [3.8, 4) is 11.4 Å². The molecule has 0 aliphatic heterocycles. The maximum atomic E-state index is 12.5. The molecule has 0 atom stereocenters. The molecule has 19 heavy (non-hydrogen) atoms. The number of hydrogen-bond donors (Lipinski definition) is 2. The summed E-state index contributed by atoms with van der Waals surface area (Å²) >= 11 is 0. The van der Waals surface area contributed by atoms with Gasteiger partial charge in [-0.15, -0.1) is 0 Å². The van der Waals surface area contributed by atoms with Crippen molar-refractivity contribution in [2.45, 2.75) is 13.1 Å². The number of aromatic carboxylic acids is 1. The lowest BCUT2D eigenvalue weighted by Gasteiger charge is -2.06. The van der Waals surface area contributed by atoms with E-state index in [1.807, 2.05) is 0 Å². The Kier molecular flexibility index (Phi) is 3.01. The summed E-state index contributed by atoms with van der Waals surface area (Å²) in [5, 5.41) is 8.83. The van der Waals surface area contributed by atoms with Crippen LogP contribution in [0.2, 0.25) is 0 Å². The highest BCUT2D eigenvalue weighted by molar-refractivity contribution is 5.87. The van der Waals surface area contributed by atoms with E-state index < -0.39 is 17.7 Å². The number of rotatable bonds is 2. The summed E-state index contributed by atoms with van der Waals surface area (Å²) in [5.74, 6) is -1.21. The van der Waals surface area contributed by atoms with Crippen LogP contribution >= 0.6 is 0 Å². The van der Waals surface area contributed by atoms with Crippen LogP contribution in [0.5, 0.6) is 0 Å². The molecule has 100 valence electrons. The minimum Gasteiger partial charge on any atom is -0.476 e. The highest BCUT2D eigenvalue weighted by atomic mass is 19.4. The van der Waals surface area contributed by atoms with E-state index in [1.54, 1.807) is 0 Å². The van der Waals surface area contributed by atoms with Crippen molar-refractivity contribution in [1.29, 1.82) is 0 Å². The fourth-order valence-electron chi connectivity index (χ4n) is 1.53. The standard InChI is InChI=1S/C11H8F3N3O2/c1-5-8(10(18)19)17-9(16-5)6-2-7(4-15-3-6)11(12,13)14/h2-4H,1H3,(H,16,17)(H,18,19). The van der Waals surface area contributed by atoms with Gasteiger partial charge in [0, 0.05) is 23.7 Å². The van der Waals surface area contributed by atoms with Crippen LogP contribution in [0.1, 0.15) is 21.7 Å². The number of halogens is 3. The molecule has 5 nitrogen and oxygen atoms in total. The summed E-state index contributed by atoms with van der Waals surface area (Å²) < 4.78 is 37.6. The Bertz CT molecular complexity index is 634. The molecule has 8 heteroatoms. The Morgan fingerprint density at radius 3 is 2.58 bits per heavy atom. The highest BCUT2D eigenvalue weighted by Gasteiger charge is 2.31. The number of nitrogens with one attached hydrogen (secondary N) is 1. The van der Waals surface area contributed by atoms with Crippen LogP contribution in [0.25, 0.3) is 11.4 Å². The molecule has 0 saturated heterocycles. The molecular formula is C11H8F3N3O2. The normalized spacial score (nSPS) is 11.6. The zero-order chi connectivity index (χ0) is 14.2. The first-order chi connectivity index (χ1) is 8.79. The summed E-state index contributed by atoms with van der Waals surface area (Å²) in [5.41, 5.74) is -0.811. The van der Waals surface area contributed by atoms with Gasteiger partial charge in [-0.1, -0.05) is 0 Å². The Morgan fingerprint density at radius 1 is 1.37 bits per heavy atom. The molecule has 2 aromatic rings. The van der Waals surface area contributed by atoms with Gasteiger partial charge in [-0.05, 0) is 13.0 Å². The number of aromatic nitrogens is 3. The van der Waals surface area contributed by atoms with Gasteiger partial charge in [0.2, 0.25) is 0 Å². The predicted octanol–water partition coefficient (Wildman–Crippen LogP) is 2.50. The van der Waals surface area contributed by atoms with Crippen LogP contribution in [0.3, 0.4) is 0 Å². The number of aryl methyl sites for hydroxylation is 1. The van der Waals surface area contributed by atoms with Crippen LogP contribution in [0, 0.1) is 6.92 Å². The first-order valence-electron chi connectivity index (χ1n) is 5.11. The third-order valence-electron chi connectivity index (χ3n) is 2.43. The smallest absolute Gasteiger partial charge is 0.417 e. The van der Waals surface area contributed by atoms with Crippen molar-refractivity contribution >= 4 is 5.97 Å². The monoisotopic (exact) mass is 271 g/mol. The van der Waals surface area contributed by atoms with Gasteiger partial charge < -0.3 is 10.1 Å². The molecule has 0 saturated carbocycles. The summed E-state index contributed by atoms with van der Waals surface area (Å²) in [4.78, 5) is 20.7. The Morgan fingerprint density at radius 2 is 2.05 bits per heavy atom. The number of aromatic amines is 1. The molecule has 0 aromatic carbocycles. The minimum atomic E-state index is -4.51. The van der Waals surface area contributed by atoms with E-state index in [0.717, 1.165) is 6.07 Å². The molecule has 0 bridgehead atoms. The van der Waals surface area contributed by atoms with Gasteiger partial charge in [-0.2, -0.15) is 13.2 Å². The van der Waals surface area contributed by atoms with Gasteiger partial charge in [0.15, 0.2) is 5.69 Å². The lowest BCUT2D eigenvalue weighted by atomic mass is 10.2. The average molecular weight is 271 g/mol. The number of carboxylic acids is 1. The number of hydrogen-bond acceptors (Lipinski definition) is 3. The Hall–Kier alpha value is -2.38. The van der Waals surface area contributed by atoms with Gasteiger partial charge in [0.1, 0.15) is 5.82 Å². The number of alkyl halides is 3. The third-order valence-corrected chi connectivity index (χ3v) is 2.43. The second kappa shape index (κ2) is 4.38. The van der Waals surface area contributed by atoms with Crippen molar-refractivity contribution in [2.24, 2.45) is 0 Å². The summed E-state index contributed by atoms with van der Waals surface area (Å²) in [6, 6.07) is 0.858. The fourth-order valence-corrected chi connectivity index (χ4v) is 1.53. The minimum absolute atomic E-state index is 0.0356. The first kappa shape index (κ1) is 13.1. The van der Waals surface area contributed by atoms with Crippen molar-refractivity contribution in [3.63, 3.8) is 0 Å². The molecule has 2 N–H and O–H groups in total. The quantitative estimate of drug-likeness (QED) is 0.879. The molecule has 0 fully saturated rings. The topological polar surface area (TPSA) is 78.9 Å². The predicted molar refractivity (Wildman–Crippen MR) is 58.5 cm³/mol. The van der Waals surface area contributed by atoms with E-state index in [-0.39, 0.29) is 22.8 Å². The average Bonchev–Trinajstić information content (AvgIpc) is 2.70. The molecule has 0 spiro atoms. The lowest BCUT2D eigenvalue weighted by Crippen LogP contribution is -2.05. The van der Waals surface area contributed by atoms with E-state index >= 15 is 0 Å². The third kappa shape index (κ3) is 2.56. The molecule has 2 aromatic heterocycles. The molecule has 0 aliphatic carbocycles. The summed E-state index contributed by atoms with van der Waals surface area (Å²) in [6.45, 7) is 1.47. The highest BCUT2D eigenvalue weighted by Crippen LogP contribution is 2.30. The zero-order valence-corrected chi connectivity index (χ0v) is 9.62. The van der Waals surface area contributed by atoms with Crippen LogP contribution < -0.4 is 0 Å². The van der Waals surface area contributed by atoms with E-state index in [0.29, 0.717) is 6.20 Å². The van der Waals surface area contributed by atoms with Crippen molar-refractivity contribution in [2.75, 3.05) is 0 Å². The van der Waals surface area contributed by atoms with E-state index in [1.165, 1.54) is 13.1 Å². The van der Waals surface area contributed by atoms with Crippen molar-refractivity contribution in [1.82, 2.24) is 15.0 Å². The number of imidazole rings is 1. The summed E-state index contributed by atoms with van der Waals surface area (Å²) in [6.07, 6.45) is -2.64. The second-order valence-corrected chi connectivity index (χ2v) is 3.82. The van der Waals surface area contributed by atoms with Gasteiger partial charge in [0.05, 0.1) is 5.56 Å².